The third-order valence-electron chi connectivity index (χ3n) is 7.85. The number of aryl methyl sites for hydroxylation is 2. The number of ether oxygens (including phenoxy) is 4. The first kappa shape index (κ1) is 44.4. The van der Waals surface area contributed by atoms with Gasteiger partial charge in [0.1, 0.15) is 31.3 Å². The second kappa shape index (κ2) is 23.0. The van der Waals surface area contributed by atoms with Gasteiger partial charge in [-0.2, -0.15) is 0 Å². The molecule has 0 N–H and O–H groups in total. The molecule has 12 heteroatoms. The Balaban J connectivity index is 0.000000273. The second-order valence-electron chi connectivity index (χ2n) is 12.9. The standard InChI is InChI=1S/C27H25FN2O4.C20H19NO4/c1-3-33-27(32)18-30(17-22-8-5-4-6-9-22)26(31)19-34-25-15-12-20(2)29-24(25)14-13-21-10-7-11-23(28)16-21;1-14-5-4-6-20(21-14)8-7-17-9-18(12-24-15(2)22)11-19(10-17)13-25-16(3)23/h4-12,15-16H,3,17-19H2,1-2H3;4-6,9-11H,12-13H2,1-3H3. The number of nitrogens with zero attached hydrogens (tertiary/aromatic N) is 3. The molecule has 0 aliphatic rings. The summed E-state index contributed by atoms with van der Waals surface area (Å²) >= 11 is 0. The fraction of sp³-hybridized carbons (Fsp3) is 0.234. The van der Waals surface area contributed by atoms with Crippen LogP contribution in [-0.2, 0) is 53.1 Å². The number of aromatic nitrogens is 2. The van der Waals surface area contributed by atoms with Crippen molar-refractivity contribution in [2.45, 2.75) is 54.4 Å². The van der Waals surface area contributed by atoms with Crippen LogP contribution in [0.25, 0.3) is 0 Å². The Morgan fingerprint density at radius 3 is 1.97 bits per heavy atom. The molecular weight excluding hydrogens is 754 g/mol. The van der Waals surface area contributed by atoms with Crippen LogP contribution < -0.4 is 4.74 Å². The van der Waals surface area contributed by atoms with Crippen LogP contribution in [-0.4, -0.2) is 58.4 Å². The molecule has 2 aromatic heterocycles. The average molecular weight is 798 g/mol. The molecule has 5 rings (SSSR count). The highest BCUT2D eigenvalue weighted by Crippen LogP contribution is 2.17. The molecule has 0 fully saturated rings. The highest BCUT2D eigenvalue weighted by molar-refractivity contribution is 5.83. The summed E-state index contributed by atoms with van der Waals surface area (Å²) in [5, 5.41) is 0. The van der Waals surface area contributed by atoms with Gasteiger partial charge in [-0.1, -0.05) is 54.3 Å². The van der Waals surface area contributed by atoms with Crippen LogP contribution in [0.4, 0.5) is 4.39 Å². The summed E-state index contributed by atoms with van der Waals surface area (Å²) in [5.74, 6) is 10.1. The van der Waals surface area contributed by atoms with E-state index in [1.807, 2.05) is 80.6 Å². The molecule has 0 bridgehead atoms. The first-order chi connectivity index (χ1) is 28.4. The van der Waals surface area contributed by atoms with Gasteiger partial charge in [-0.3, -0.25) is 19.2 Å². The maximum absolute atomic E-state index is 13.4. The molecule has 11 nitrogen and oxygen atoms in total. The second-order valence-corrected chi connectivity index (χ2v) is 12.9. The van der Waals surface area contributed by atoms with Gasteiger partial charge in [0.2, 0.25) is 0 Å². The number of carbonyl (C=O) groups is 4. The van der Waals surface area contributed by atoms with E-state index in [1.54, 1.807) is 31.2 Å². The fourth-order valence-electron chi connectivity index (χ4n) is 5.20. The number of rotatable bonds is 12. The normalized spacial score (nSPS) is 9.93. The Bertz CT molecular complexity index is 2340. The number of halogens is 1. The van der Waals surface area contributed by atoms with Crippen molar-refractivity contribution in [3.05, 3.63) is 160 Å². The molecule has 0 aliphatic heterocycles. The Morgan fingerprint density at radius 2 is 1.32 bits per heavy atom. The third-order valence-corrected chi connectivity index (χ3v) is 7.85. The molecule has 302 valence electrons. The van der Waals surface area contributed by atoms with E-state index in [-0.39, 0.29) is 63.2 Å². The molecule has 2 heterocycles. The lowest BCUT2D eigenvalue weighted by molar-refractivity contribution is -0.150. The Morgan fingerprint density at radius 1 is 0.661 bits per heavy atom. The highest BCUT2D eigenvalue weighted by atomic mass is 19.1. The Labute approximate surface area is 343 Å². The van der Waals surface area contributed by atoms with Crippen molar-refractivity contribution in [2.24, 2.45) is 0 Å². The molecule has 0 radical (unpaired) electrons. The van der Waals surface area contributed by atoms with Crippen LogP contribution in [0.2, 0.25) is 0 Å². The predicted octanol–water partition coefficient (Wildman–Crippen LogP) is 6.82. The Kier molecular flexibility index (Phi) is 17.3. The van der Waals surface area contributed by atoms with Crippen LogP contribution >= 0.6 is 0 Å². The lowest BCUT2D eigenvalue weighted by Gasteiger charge is -2.22. The molecule has 0 saturated carbocycles. The van der Waals surface area contributed by atoms with Crippen molar-refractivity contribution in [3.8, 4) is 29.4 Å². The van der Waals surface area contributed by atoms with Gasteiger partial charge in [-0.15, -0.1) is 0 Å². The summed E-state index contributed by atoms with van der Waals surface area (Å²) in [5.41, 5.74) is 6.27. The quantitative estimate of drug-likeness (QED) is 0.0753. The first-order valence-electron chi connectivity index (χ1n) is 18.6. The van der Waals surface area contributed by atoms with E-state index in [9.17, 15) is 23.6 Å². The predicted molar refractivity (Wildman–Crippen MR) is 218 cm³/mol. The van der Waals surface area contributed by atoms with Gasteiger partial charge in [0.15, 0.2) is 18.1 Å². The third kappa shape index (κ3) is 16.4. The van der Waals surface area contributed by atoms with Crippen molar-refractivity contribution < 1.29 is 42.5 Å². The molecule has 0 unspecified atom stereocenters. The minimum Gasteiger partial charge on any atom is -0.481 e. The van der Waals surface area contributed by atoms with Crippen molar-refractivity contribution in [1.82, 2.24) is 14.9 Å². The lowest BCUT2D eigenvalue weighted by Crippen LogP contribution is -2.39. The number of benzene rings is 3. The molecule has 0 spiro atoms. The number of esters is 3. The van der Waals surface area contributed by atoms with Crippen LogP contribution in [0.15, 0.2) is 103 Å². The van der Waals surface area contributed by atoms with Gasteiger partial charge < -0.3 is 23.8 Å². The van der Waals surface area contributed by atoms with Crippen LogP contribution in [0.1, 0.15) is 71.4 Å². The maximum atomic E-state index is 13.4. The van der Waals surface area contributed by atoms with E-state index in [0.29, 0.717) is 22.7 Å². The zero-order valence-corrected chi connectivity index (χ0v) is 33.5. The van der Waals surface area contributed by atoms with Crippen molar-refractivity contribution in [3.63, 3.8) is 0 Å². The molecular formula is C47H44FN3O8. The number of hydrogen-bond acceptors (Lipinski definition) is 10. The van der Waals surface area contributed by atoms with Crippen LogP contribution in [0, 0.1) is 43.3 Å². The molecule has 59 heavy (non-hydrogen) atoms. The summed E-state index contributed by atoms with van der Waals surface area (Å²) in [6, 6.07) is 29.8. The summed E-state index contributed by atoms with van der Waals surface area (Å²) in [7, 11) is 0. The topological polar surface area (TPSA) is 134 Å². The monoisotopic (exact) mass is 797 g/mol. The van der Waals surface area contributed by atoms with E-state index in [2.05, 4.69) is 33.6 Å². The summed E-state index contributed by atoms with van der Waals surface area (Å²) in [4.78, 5) is 57.1. The molecule has 1 amide bonds. The van der Waals surface area contributed by atoms with Gasteiger partial charge in [-0.25, -0.2) is 14.4 Å². The smallest absolute Gasteiger partial charge is 0.325 e. The van der Waals surface area contributed by atoms with Crippen molar-refractivity contribution >= 4 is 23.8 Å². The van der Waals surface area contributed by atoms with Crippen molar-refractivity contribution in [2.75, 3.05) is 19.8 Å². The molecule has 0 saturated heterocycles. The molecule has 0 atom stereocenters. The van der Waals surface area contributed by atoms with E-state index in [4.69, 9.17) is 18.9 Å². The van der Waals surface area contributed by atoms with Crippen LogP contribution in [0.3, 0.4) is 0 Å². The minimum absolute atomic E-state index is 0.140. The number of pyridine rings is 2. The van der Waals surface area contributed by atoms with Gasteiger partial charge in [0.25, 0.3) is 5.91 Å². The SMILES string of the molecule is CC(=O)OCc1cc(C#Cc2cccc(C)n2)cc(COC(C)=O)c1.CCOC(=O)CN(Cc1ccccc1)C(=O)COc1ccc(C)nc1C#Cc1cccc(F)c1. The molecule has 0 aliphatic carbocycles. The summed E-state index contributed by atoms with van der Waals surface area (Å²) in [6.07, 6.45) is 0. The van der Waals surface area contributed by atoms with Gasteiger partial charge >= 0.3 is 17.9 Å². The van der Waals surface area contributed by atoms with E-state index < -0.39 is 5.97 Å². The van der Waals surface area contributed by atoms with Crippen LogP contribution in [0.5, 0.6) is 5.75 Å². The molecule has 3 aromatic carbocycles. The van der Waals surface area contributed by atoms with Gasteiger partial charge in [0.05, 0.1) is 6.61 Å². The van der Waals surface area contributed by atoms with E-state index >= 15 is 0 Å². The number of carbonyl (C=O) groups excluding carboxylic acids is 4. The largest absolute Gasteiger partial charge is 0.481 e. The maximum Gasteiger partial charge on any atom is 0.325 e. The fourth-order valence-corrected chi connectivity index (χ4v) is 5.20. The Hall–Kier alpha value is -7.31. The van der Waals surface area contributed by atoms with Crippen molar-refractivity contribution in [1.29, 1.82) is 0 Å². The molecule has 5 aromatic rings. The summed E-state index contributed by atoms with van der Waals surface area (Å²) in [6.45, 7) is 8.37. The van der Waals surface area contributed by atoms with Gasteiger partial charge in [0, 0.05) is 42.9 Å². The zero-order valence-electron chi connectivity index (χ0n) is 33.5. The highest BCUT2D eigenvalue weighted by Gasteiger charge is 2.20. The number of hydrogen-bond donors (Lipinski definition) is 0. The summed E-state index contributed by atoms with van der Waals surface area (Å²) < 4.78 is 34.3. The average Bonchev–Trinajstić information content (AvgIpc) is 3.20. The zero-order chi connectivity index (χ0) is 42.6. The minimum atomic E-state index is -0.495. The lowest BCUT2D eigenvalue weighted by atomic mass is 10.1. The first-order valence-corrected chi connectivity index (χ1v) is 18.6. The van der Waals surface area contributed by atoms with E-state index in [0.717, 1.165) is 33.6 Å². The number of amides is 1. The van der Waals surface area contributed by atoms with E-state index in [1.165, 1.54) is 30.9 Å². The van der Waals surface area contributed by atoms with Gasteiger partial charge in [-0.05, 0) is 110 Å².